The quantitative estimate of drug-likeness (QED) is 0.269. The molecule has 1 fully saturated rings. The third-order valence-corrected chi connectivity index (χ3v) is 3.60. The van der Waals surface area contributed by atoms with Gasteiger partial charge in [0.1, 0.15) is 18.3 Å². The van der Waals surface area contributed by atoms with Gasteiger partial charge in [0.25, 0.3) is 0 Å². The summed E-state index contributed by atoms with van der Waals surface area (Å²) in [6.45, 7) is 3.51. The molecule has 9 nitrogen and oxygen atoms in total. The number of rotatable bonds is 7. The molecular formula is C13H23F2N3O6. The van der Waals surface area contributed by atoms with Crippen LogP contribution in [0, 0.1) is 0 Å². The molecule has 0 aliphatic carbocycles. The van der Waals surface area contributed by atoms with Crippen molar-refractivity contribution in [1.82, 2.24) is 5.32 Å². The summed E-state index contributed by atoms with van der Waals surface area (Å²) in [6.07, 6.45) is -8.05. The highest BCUT2D eigenvalue weighted by Gasteiger charge is 2.62. The summed E-state index contributed by atoms with van der Waals surface area (Å²) in [4.78, 5) is 11.8. The molecule has 11 heteroatoms. The molecule has 0 radical (unpaired) electrons. The topological polar surface area (TPSA) is 160 Å². The Morgan fingerprint density at radius 2 is 2.12 bits per heavy atom. The van der Waals surface area contributed by atoms with Gasteiger partial charge in [0.15, 0.2) is 6.17 Å². The van der Waals surface area contributed by atoms with Crippen LogP contribution in [0.4, 0.5) is 8.78 Å². The zero-order valence-corrected chi connectivity index (χ0v) is 13.1. The Kier molecular flexibility index (Phi) is 6.86. The van der Waals surface area contributed by atoms with Crippen molar-refractivity contribution in [3.05, 3.63) is 12.4 Å². The number of aliphatic hydroxyl groups excluding tert-OH is 3. The molecule has 24 heavy (non-hydrogen) atoms. The molecule has 0 amide bonds. The molecule has 1 saturated heterocycles. The highest BCUT2D eigenvalue weighted by molar-refractivity contribution is 5.79. The van der Waals surface area contributed by atoms with Crippen LogP contribution in [0.1, 0.15) is 6.92 Å². The molecular weight excluding hydrogens is 332 g/mol. The number of nitrogens with one attached hydrogen (secondary N) is 1. The van der Waals surface area contributed by atoms with E-state index < -0.39 is 55.0 Å². The van der Waals surface area contributed by atoms with Gasteiger partial charge in [-0.1, -0.05) is 6.58 Å². The number of aliphatic hydroxyl groups is 3. The normalized spacial score (nSPS) is 35.8. The smallest absolute Gasteiger partial charge is 0.375 e. The van der Waals surface area contributed by atoms with Gasteiger partial charge in [0, 0.05) is 0 Å². The Bertz CT molecular complexity index is 471. The van der Waals surface area contributed by atoms with Gasteiger partial charge in [-0.3, -0.25) is 0 Å². The van der Waals surface area contributed by atoms with E-state index in [0.717, 1.165) is 0 Å². The SMILES string of the molecule is C=C(N)NC1C(N)C(C(O)C(O)CO)OC(F)(C(=O)OCC)C1F. The number of halogens is 2. The van der Waals surface area contributed by atoms with E-state index in [1.54, 1.807) is 0 Å². The van der Waals surface area contributed by atoms with Crippen LogP contribution < -0.4 is 16.8 Å². The van der Waals surface area contributed by atoms with Gasteiger partial charge >= 0.3 is 11.8 Å². The van der Waals surface area contributed by atoms with E-state index in [9.17, 15) is 23.8 Å². The van der Waals surface area contributed by atoms with Gasteiger partial charge in [0.05, 0.1) is 31.1 Å². The first-order chi connectivity index (χ1) is 11.1. The summed E-state index contributed by atoms with van der Waals surface area (Å²) in [5, 5.41) is 30.6. The number of carbonyl (C=O) groups excluding carboxylic acids is 1. The first-order valence-electron chi connectivity index (χ1n) is 7.21. The van der Waals surface area contributed by atoms with E-state index in [1.807, 2.05) is 0 Å². The first-order valence-corrected chi connectivity index (χ1v) is 7.21. The fourth-order valence-corrected chi connectivity index (χ4v) is 2.37. The highest BCUT2D eigenvalue weighted by Crippen LogP contribution is 2.36. The minimum Gasteiger partial charge on any atom is -0.462 e. The van der Waals surface area contributed by atoms with Crippen LogP contribution in [-0.2, 0) is 14.3 Å². The van der Waals surface area contributed by atoms with Crippen molar-refractivity contribution in [2.45, 2.75) is 49.3 Å². The van der Waals surface area contributed by atoms with E-state index in [-0.39, 0.29) is 12.4 Å². The summed E-state index contributed by atoms with van der Waals surface area (Å²) >= 11 is 0. The molecule has 0 spiro atoms. The van der Waals surface area contributed by atoms with Gasteiger partial charge in [0.2, 0.25) is 0 Å². The summed E-state index contributed by atoms with van der Waals surface area (Å²) < 4.78 is 38.7. The number of hydrogen-bond acceptors (Lipinski definition) is 9. The van der Waals surface area contributed by atoms with Crippen molar-refractivity contribution < 1.29 is 38.4 Å². The number of ether oxygens (including phenoxy) is 2. The number of esters is 1. The molecule has 0 saturated carbocycles. The molecule has 0 aromatic carbocycles. The number of alkyl halides is 2. The van der Waals surface area contributed by atoms with Crippen molar-refractivity contribution in [3.8, 4) is 0 Å². The second-order valence-electron chi connectivity index (χ2n) is 5.36. The molecule has 7 atom stereocenters. The minimum absolute atomic E-state index is 0.249. The number of nitrogens with two attached hydrogens (primary N) is 2. The second-order valence-corrected chi connectivity index (χ2v) is 5.36. The lowest BCUT2D eigenvalue weighted by Gasteiger charge is -2.46. The average molecular weight is 355 g/mol. The third kappa shape index (κ3) is 3.92. The predicted molar refractivity (Wildman–Crippen MR) is 77.6 cm³/mol. The van der Waals surface area contributed by atoms with E-state index >= 15 is 0 Å². The van der Waals surface area contributed by atoms with Crippen molar-refractivity contribution in [2.75, 3.05) is 13.2 Å². The van der Waals surface area contributed by atoms with Crippen LogP contribution >= 0.6 is 0 Å². The van der Waals surface area contributed by atoms with E-state index in [0.29, 0.717) is 0 Å². The number of hydrogen-bond donors (Lipinski definition) is 6. The fraction of sp³-hybridized carbons (Fsp3) is 0.769. The molecule has 1 aliphatic heterocycles. The summed E-state index contributed by atoms with van der Waals surface area (Å²) in [5.41, 5.74) is 11.1. The maximum Gasteiger partial charge on any atom is 0.375 e. The molecule has 1 aliphatic rings. The summed E-state index contributed by atoms with van der Waals surface area (Å²) in [7, 11) is 0. The summed E-state index contributed by atoms with van der Waals surface area (Å²) in [5.74, 6) is -5.52. The van der Waals surface area contributed by atoms with Gasteiger partial charge < -0.3 is 41.6 Å². The van der Waals surface area contributed by atoms with Crippen LogP contribution in [-0.4, -0.2) is 76.9 Å². The first kappa shape index (κ1) is 20.5. The molecule has 1 rings (SSSR count). The Morgan fingerprint density at radius 1 is 1.54 bits per heavy atom. The van der Waals surface area contributed by atoms with Gasteiger partial charge in [-0.05, 0) is 6.92 Å². The zero-order valence-electron chi connectivity index (χ0n) is 13.1. The van der Waals surface area contributed by atoms with Crippen LogP contribution in [0.2, 0.25) is 0 Å². The molecule has 140 valence electrons. The highest BCUT2D eigenvalue weighted by atomic mass is 19.2. The average Bonchev–Trinajstić information content (AvgIpc) is 2.53. The maximum atomic E-state index is 14.9. The van der Waals surface area contributed by atoms with Gasteiger partial charge in [-0.25, -0.2) is 9.18 Å². The van der Waals surface area contributed by atoms with Crippen LogP contribution in [0.5, 0.6) is 0 Å². The van der Waals surface area contributed by atoms with Crippen molar-refractivity contribution >= 4 is 5.97 Å². The molecule has 8 N–H and O–H groups in total. The predicted octanol–water partition coefficient (Wildman–Crippen LogP) is -2.62. The molecule has 0 aromatic heterocycles. The summed E-state index contributed by atoms with van der Waals surface area (Å²) in [6, 6.07) is -3.05. The Labute approximate surface area is 137 Å². The monoisotopic (exact) mass is 355 g/mol. The Hall–Kier alpha value is -1.53. The Morgan fingerprint density at radius 3 is 2.58 bits per heavy atom. The molecule has 7 unspecified atom stereocenters. The lowest BCUT2D eigenvalue weighted by Crippen LogP contribution is -2.73. The zero-order chi connectivity index (χ0) is 18.7. The van der Waals surface area contributed by atoms with E-state index in [2.05, 4.69) is 16.6 Å². The molecule has 0 aromatic rings. The van der Waals surface area contributed by atoms with E-state index in [1.165, 1.54) is 6.92 Å². The Balaban J connectivity index is 3.22. The van der Waals surface area contributed by atoms with Gasteiger partial charge in [-0.15, -0.1) is 0 Å². The van der Waals surface area contributed by atoms with Crippen molar-refractivity contribution in [2.24, 2.45) is 11.5 Å². The van der Waals surface area contributed by atoms with Crippen molar-refractivity contribution in [3.63, 3.8) is 0 Å². The van der Waals surface area contributed by atoms with Gasteiger partial charge in [-0.2, -0.15) is 4.39 Å². The lowest BCUT2D eigenvalue weighted by molar-refractivity contribution is -0.278. The second kappa shape index (κ2) is 8.03. The van der Waals surface area contributed by atoms with Crippen LogP contribution in [0.25, 0.3) is 0 Å². The van der Waals surface area contributed by atoms with E-state index in [4.69, 9.17) is 21.3 Å². The minimum atomic E-state index is -3.60. The van der Waals surface area contributed by atoms with Crippen molar-refractivity contribution in [1.29, 1.82) is 0 Å². The largest absolute Gasteiger partial charge is 0.462 e. The fourth-order valence-electron chi connectivity index (χ4n) is 2.37. The molecule has 1 heterocycles. The van der Waals surface area contributed by atoms with Crippen LogP contribution in [0.15, 0.2) is 12.4 Å². The molecule has 0 bridgehead atoms. The van der Waals surface area contributed by atoms with Crippen LogP contribution in [0.3, 0.4) is 0 Å². The third-order valence-electron chi connectivity index (χ3n) is 3.60. The number of carbonyl (C=O) groups is 1. The maximum absolute atomic E-state index is 14.9. The standard InChI is InChI=1S/C13H23F2N3O6/c1-3-23-12(22)13(15)11(14)8(18-5(2)16)7(17)10(24-13)9(21)6(20)4-19/h6-11,18-21H,2-4,16-17H2,1H3. The lowest BCUT2D eigenvalue weighted by atomic mass is 9.86.